The minimum absolute atomic E-state index is 0.00189. The molecule has 1 aliphatic heterocycles. The third kappa shape index (κ3) is 3.19. The summed E-state index contributed by atoms with van der Waals surface area (Å²) in [6, 6.07) is 14.7. The lowest BCUT2D eigenvalue weighted by atomic mass is 10.0. The lowest BCUT2D eigenvalue weighted by molar-refractivity contribution is -0.132. The molecule has 0 radical (unpaired) electrons. The smallest absolute Gasteiger partial charge is 0.238 e. The number of benzene rings is 2. The Morgan fingerprint density at radius 3 is 2.85 bits per heavy atom. The summed E-state index contributed by atoms with van der Waals surface area (Å²) >= 11 is 5.91. The molecule has 26 heavy (non-hydrogen) atoms. The summed E-state index contributed by atoms with van der Waals surface area (Å²) in [6.45, 7) is 3.25. The summed E-state index contributed by atoms with van der Waals surface area (Å²) in [5.41, 5.74) is 1.12. The van der Waals surface area contributed by atoms with Crippen LogP contribution in [-0.2, 0) is 24.3 Å². The number of alkyl halides is 1. The third-order valence-electron chi connectivity index (χ3n) is 5.15. The Hall–Kier alpha value is -2.40. The Bertz CT molecular complexity index is 952. The molecule has 0 N–H and O–H groups in total. The van der Waals surface area contributed by atoms with Gasteiger partial charge in [0, 0.05) is 19.5 Å². The van der Waals surface area contributed by atoms with Crippen molar-refractivity contribution in [2.75, 3.05) is 5.88 Å². The van der Waals surface area contributed by atoms with E-state index in [9.17, 15) is 4.79 Å². The van der Waals surface area contributed by atoms with Crippen molar-refractivity contribution in [1.82, 2.24) is 19.7 Å². The third-order valence-corrected chi connectivity index (χ3v) is 5.38. The van der Waals surface area contributed by atoms with Gasteiger partial charge in [-0.1, -0.05) is 36.4 Å². The first kappa shape index (κ1) is 17.0. The van der Waals surface area contributed by atoms with E-state index >= 15 is 0 Å². The summed E-state index contributed by atoms with van der Waals surface area (Å²) in [7, 11) is 0. The number of carbonyl (C=O) groups excluding carboxylic acids is 1. The summed E-state index contributed by atoms with van der Waals surface area (Å²) in [4.78, 5) is 14.5. The lowest BCUT2D eigenvalue weighted by Gasteiger charge is -2.35. The van der Waals surface area contributed by atoms with Gasteiger partial charge in [-0.3, -0.25) is 4.79 Å². The van der Waals surface area contributed by atoms with Crippen LogP contribution in [0.15, 0.2) is 42.5 Å². The molecule has 4 rings (SSSR count). The number of rotatable bonds is 4. The number of hydrogen-bond acceptors (Lipinski definition) is 3. The van der Waals surface area contributed by atoms with Crippen LogP contribution in [0.3, 0.4) is 0 Å². The monoisotopic (exact) mass is 368 g/mol. The van der Waals surface area contributed by atoms with Gasteiger partial charge in [0.1, 0.15) is 17.5 Å². The second kappa shape index (κ2) is 7.08. The molecule has 6 heteroatoms. The standard InChI is InChI=1S/C20H21ClN4O/c1-14-22-23-19-9-8-18(13-24(14)19)25(20(26)11-21)12-15-6-7-16-4-2-3-5-17(16)10-15/h2-7,10,18H,8-9,11-13H2,1H3. The zero-order valence-electron chi connectivity index (χ0n) is 14.7. The van der Waals surface area contributed by atoms with Gasteiger partial charge < -0.3 is 9.47 Å². The molecule has 1 unspecified atom stereocenters. The van der Waals surface area contributed by atoms with Crippen molar-refractivity contribution in [2.45, 2.75) is 38.9 Å². The second-order valence-electron chi connectivity index (χ2n) is 6.80. The van der Waals surface area contributed by atoms with E-state index in [4.69, 9.17) is 11.6 Å². The van der Waals surface area contributed by atoms with Gasteiger partial charge in [0.05, 0.1) is 6.04 Å². The molecule has 5 nitrogen and oxygen atoms in total. The molecule has 1 atom stereocenters. The topological polar surface area (TPSA) is 51.0 Å². The maximum atomic E-state index is 12.6. The highest BCUT2D eigenvalue weighted by Gasteiger charge is 2.29. The maximum absolute atomic E-state index is 12.6. The van der Waals surface area contributed by atoms with Crippen LogP contribution in [0, 0.1) is 6.92 Å². The molecule has 0 bridgehead atoms. The summed E-state index contributed by atoms with van der Waals surface area (Å²) in [5.74, 6) is 1.87. The van der Waals surface area contributed by atoms with Crippen molar-refractivity contribution in [1.29, 1.82) is 0 Å². The second-order valence-corrected chi connectivity index (χ2v) is 7.07. The molecular weight excluding hydrogens is 348 g/mol. The van der Waals surface area contributed by atoms with Crippen LogP contribution < -0.4 is 0 Å². The van der Waals surface area contributed by atoms with E-state index in [0.717, 1.165) is 36.6 Å². The number of halogens is 1. The molecule has 134 valence electrons. The first-order chi connectivity index (χ1) is 12.7. The average molecular weight is 369 g/mol. The molecule has 1 aromatic heterocycles. The largest absolute Gasteiger partial charge is 0.333 e. The fourth-order valence-electron chi connectivity index (χ4n) is 3.73. The van der Waals surface area contributed by atoms with E-state index < -0.39 is 0 Å². The van der Waals surface area contributed by atoms with Gasteiger partial charge in [-0.05, 0) is 35.7 Å². The van der Waals surface area contributed by atoms with Crippen LogP contribution in [-0.4, -0.2) is 37.5 Å². The number of carbonyl (C=O) groups is 1. The highest BCUT2D eigenvalue weighted by molar-refractivity contribution is 6.27. The minimum atomic E-state index is -0.0287. The zero-order valence-corrected chi connectivity index (χ0v) is 15.5. The summed E-state index contributed by atoms with van der Waals surface area (Å²) < 4.78 is 2.11. The predicted molar refractivity (Wildman–Crippen MR) is 102 cm³/mol. The Morgan fingerprint density at radius 1 is 1.23 bits per heavy atom. The molecular formula is C20H21ClN4O. The Morgan fingerprint density at radius 2 is 2.04 bits per heavy atom. The highest BCUT2D eigenvalue weighted by Crippen LogP contribution is 2.23. The van der Waals surface area contributed by atoms with E-state index in [2.05, 4.69) is 45.1 Å². The average Bonchev–Trinajstić information content (AvgIpc) is 3.05. The minimum Gasteiger partial charge on any atom is -0.333 e. The van der Waals surface area contributed by atoms with Crippen LogP contribution >= 0.6 is 11.6 Å². The van der Waals surface area contributed by atoms with Gasteiger partial charge >= 0.3 is 0 Å². The molecule has 0 saturated heterocycles. The van der Waals surface area contributed by atoms with Crippen LogP contribution in [0.5, 0.6) is 0 Å². The molecule has 0 fully saturated rings. The maximum Gasteiger partial charge on any atom is 0.238 e. The van der Waals surface area contributed by atoms with Crippen LogP contribution in [0.25, 0.3) is 10.8 Å². The molecule has 2 heterocycles. The van der Waals surface area contributed by atoms with Crippen molar-refractivity contribution in [3.63, 3.8) is 0 Å². The normalized spacial score (nSPS) is 16.5. The van der Waals surface area contributed by atoms with E-state index in [1.807, 2.05) is 24.0 Å². The SMILES string of the molecule is Cc1nnc2n1CC(N(Cc1ccc3ccccc3c1)C(=O)CCl)CC2. The number of hydrogen-bond donors (Lipinski definition) is 0. The van der Waals surface area contributed by atoms with Gasteiger partial charge in [-0.25, -0.2) is 0 Å². The fraction of sp³-hybridized carbons (Fsp3) is 0.350. The number of fused-ring (bicyclic) bond motifs is 2. The van der Waals surface area contributed by atoms with Crippen molar-refractivity contribution in [3.8, 4) is 0 Å². The van der Waals surface area contributed by atoms with Crippen LogP contribution in [0.2, 0.25) is 0 Å². The molecule has 1 amide bonds. The highest BCUT2D eigenvalue weighted by atomic mass is 35.5. The first-order valence-corrected chi connectivity index (χ1v) is 9.41. The van der Waals surface area contributed by atoms with Crippen LogP contribution in [0.4, 0.5) is 0 Å². The molecule has 2 aromatic carbocycles. The van der Waals surface area contributed by atoms with Gasteiger partial charge in [-0.15, -0.1) is 21.8 Å². The van der Waals surface area contributed by atoms with Gasteiger partial charge in [-0.2, -0.15) is 0 Å². The van der Waals surface area contributed by atoms with Crippen molar-refractivity contribution >= 4 is 28.3 Å². The number of nitrogens with zero attached hydrogens (tertiary/aromatic N) is 4. The first-order valence-electron chi connectivity index (χ1n) is 8.87. The van der Waals surface area contributed by atoms with E-state index in [0.29, 0.717) is 6.54 Å². The van der Waals surface area contributed by atoms with E-state index in [1.54, 1.807) is 0 Å². The number of aryl methyl sites for hydroxylation is 2. The van der Waals surface area contributed by atoms with Crippen molar-refractivity contribution in [3.05, 3.63) is 59.7 Å². The predicted octanol–water partition coefficient (Wildman–Crippen LogP) is 3.32. The Kier molecular flexibility index (Phi) is 4.64. The van der Waals surface area contributed by atoms with Gasteiger partial charge in [0.25, 0.3) is 0 Å². The molecule has 0 spiro atoms. The number of amides is 1. The summed E-state index contributed by atoms with van der Waals surface area (Å²) in [5, 5.41) is 10.8. The summed E-state index contributed by atoms with van der Waals surface area (Å²) in [6.07, 6.45) is 1.71. The Labute approximate surface area is 157 Å². The van der Waals surface area contributed by atoms with Crippen LogP contribution in [0.1, 0.15) is 23.6 Å². The number of aromatic nitrogens is 3. The quantitative estimate of drug-likeness (QED) is 0.664. The van der Waals surface area contributed by atoms with Gasteiger partial charge in [0.2, 0.25) is 5.91 Å². The lowest BCUT2D eigenvalue weighted by Crippen LogP contribution is -2.45. The van der Waals surface area contributed by atoms with Crippen molar-refractivity contribution < 1.29 is 4.79 Å². The van der Waals surface area contributed by atoms with E-state index in [-0.39, 0.29) is 17.8 Å². The van der Waals surface area contributed by atoms with Crippen molar-refractivity contribution in [2.24, 2.45) is 0 Å². The molecule has 0 aliphatic carbocycles. The van der Waals surface area contributed by atoms with Gasteiger partial charge in [0.15, 0.2) is 0 Å². The molecule has 0 saturated carbocycles. The molecule has 3 aromatic rings. The Balaban J connectivity index is 1.60. The fourth-order valence-corrected chi connectivity index (χ4v) is 3.88. The zero-order chi connectivity index (χ0) is 18.1. The molecule has 1 aliphatic rings. The van der Waals surface area contributed by atoms with E-state index in [1.165, 1.54) is 10.8 Å².